The summed E-state index contributed by atoms with van der Waals surface area (Å²) in [4.78, 5) is 10.4. The van der Waals surface area contributed by atoms with E-state index in [0.717, 1.165) is 83.1 Å². The molecule has 7 nitrogen and oxygen atoms in total. The summed E-state index contributed by atoms with van der Waals surface area (Å²) in [7, 11) is 0. The molecule has 0 atom stereocenters. The fraction of sp³-hybridized carbons (Fsp3) is 0. The van der Waals surface area contributed by atoms with Gasteiger partial charge in [-0.1, -0.05) is 115 Å². The highest BCUT2D eigenvalue weighted by atomic mass is 16.3. The zero-order chi connectivity index (χ0) is 37.9. The Morgan fingerprint density at radius 2 is 1.09 bits per heavy atom. The second-order valence-corrected chi connectivity index (χ2v) is 14.8. The molecule has 58 heavy (non-hydrogen) atoms. The molecule has 0 spiro atoms. The van der Waals surface area contributed by atoms with Crippen molar-refractivity contribution in [1.82, 2.24) is 28.7 Å². The molecular weight excluding hydrogens is 713 g/mol. The monoisotopic (exact) mass is 742 g/mol. The van der Waals surface area contributed by atoms with Crippen molar-refractivity contribution in [3.63, 3.8) is 0 Å². The van der Waals surface area contributed by atoms with Crippen LogP contribution in [0.1, 0.15) is 0 Å². The van der Waals surface area contributed by atoms with Crippen LogP contribution in [0.2, 0.25) is 0 Å². The highest BCUT2D eigenvalue weighted by Gasteiger charge is 2.24. The van der Waals surface area contributed by atoms with Crippen LogP contribution >= 0.6 is 0 Å². The first-order valence-corrected chi connectivity index (χ1v) is 19.5. The standard InChI is InChI=1S/C51H30N6O/c1-2-14-32(15-3-1)55-41-22-10-5-18-37(41)47-44(55)29-28-36-33-16-4-9-21-40(33)56(49(36)47)42-23-11-7-20-39(42)50-53-51-52-48(38-19-6-12-24-43(38)57(51)54-50)31-26-27-35-34-17-8-13-25-45(34)58-46(35)30-31/h1-30H. The number of aromatic nitrogens is 6. The highest BCUT2D eigenvalue weighted by Crippen LogP contribution is 2.43. The lowest BCUT2D eigenvalue weighted by molar-refractivity contribution is 0.669. The fourth-order valence-electron chi connectivity index (χ4n) is 9.24. The van der Waals surface area contributed by atoms with Gasteiger partial charge in [0.15, 0.2) is 5.82 Å². The molecule has 0 unspecified atom stereocenters. The first kappa shape index (κ1) is 31.2. The zero-order valence-electron chi connectivity index (χ0n) is 30.9. The molecule has 5 aromatic heterocycles. The molecule has 0 aliphatic carbocycles. The van der Waals surface area contributed by atoms with Crippen LogP contribution < -0.4 is 0 Å². The summed E-state index contributed by atoms with van der Waals surface area (Å²) in [5.74, 6) is 1.13. The fourth-order valence-corrected chi connectivity index (χ4v) is 9.24. The van der Waals surface area contributed by atoms with Crippen molar-refractivity contribution in [1.29, 1.82) is 0 Å². The maximum absolute atomic E-state index is 6.30. The molecule has 0 amide bonds. The second kappa shape index (κ2) is 11.7. The van der Waals surface area contributed by atoms with Gasteiger partial charge in [-0.3, -0.25) is 0 Å². The molecule has 0 saturated heterocycles. The van der Waals surface area contributed by atoms with E-state index in [4.69, 9.17) is 19.5 Å². The number of benzene rings is 8. The molecule has 0 radical (unpaired) electrons. The third kappa shape index (κ3) is 4.30. The summed E-state index contributed by atoms with van der Waals surface area (Å²) in [6.45, 7) is 0. The number of fused-ring (bicyclic) bond motifs is 13. The van der Waals surface area contributed by atoms with Gasteiger partial charge in [0, 0.05) is 54.5 Å². The molecule has 0 aliphatic rings. The van der Waals surface area contributed by atoms with Crippen molar-refractivity contribution in [3.8, 4) is 34.0 Å². The molecule has 8 aromatic carbocycles. The van der Waals surface area contributed by atoms with E-state index in [1.807, 2.05) is 34.8 Å². The number of rotatable bonds is 4. The van der Waals surface area contributed by atoms with Gasteiger partial charge < -0.3 is 13.6 Å². The van der Waals surface area contributed by atoms with Crippen molar-refractivity contribution >= 4 is 82.2 Å². The van der Waals surface area contributed by atoms with E-state index in [1.54, 1.807) is 0 Å². The molecule has 270 valence electrons. The van der Waals surface area contributed by atoms with Crippen LogP contribution in [0.5, 0.6) is 0 Å². The van der Waals surface area contributed by atoms with Gasteiger partial charge in [0.05, 0.1) is 39.0 Å². The van der Waals surface area contributed by atoms with E-state index in [1.165, 1.54) is 21.5 Å². The predicted octanol–water partition coefficient (Wildman–Crippen LogP) is 12.7. The first-order valence-electron chi connectivity index (χ1n) is 19.5. The summed E-state index contributed by atoms with van der Waals surface area (Å²) in [5, 5.41) is 13.2. The average molecular weight is 743 g/mol. The number of hydrogen-bond acceptors (Lipinski definition) is 4. The third-order valence-corrected chi connectivity index (χ3v) is 11.7. The van der Waals surface area contributed by atoms with Gasteiger partial charge in [0.25, 0.3) is 5.78 Å². The summed E-state index contributed by atoms with van der Waals surface area (Å²) in [6.07, 6.45) is 0. The quantitative estimate of drug-likeness (QED) is 0.180. The number of nitrogens with zero attached hydrogens (tertiary/aromatic N) is 6. The Labute approximate surface area is 330 Å². The van der Waals surface area contributed by atoms with E-state index < -0.39 is 0 Å². The molecule has 13 aromatic rings. The van der Waals surface area contributed by atoms with Crippen molar-refractivity contribution in [2.24, 2.45) is 0 Å². The molecule has 0 bridgehead atoms. The molecular formula is C51H30N6O. The normalized spacial score (nSPS) is 12.1. The molecule has 0 aliphatic heterocycles. The van der Waals surface area contributed by atoms with Gasteiger partial charge in [-0.25, -0.2) is 4.98 Å². The second-order valence-electron chi connectivity index (χ2n) is 14.8. The number of hydrogen-bond donors (Lipinski definition) is 0. The summed E-state index contributed by atoms with van der Waals surface area (Å²) >= 11 is 0. The van der Waals surface area contributed by atoms with E-state index in [0.29, 0.717) is 11.6 Å². The molecule has 7 heteroatoms. The van der Waals surface area contributed by atoms with Crippen LogP contribution in [0.15, 0.2) is 186 Å². The van der Waals surface area contributed by atoms with E-state index in [2.05, 4.69) is 161 Å². The van der Waals surface area contributed by atoms with Crippen LogP contribution in [0.25, 0.3) is 116 Å². The zero-order valence-corrected chi connectivity index (χ0v) is 30.9. The summed E-state index contributed by atoms with van der Waals surface area (Å²) < 4.78 is 13.0. The highest BCUT2D eigenvalue weighted by molar-refractivity contribution is 6.26. The SMILES string of the molecule is c1ccc(-n2c3ccccc3c3c2ccc2c4ccccc4n(-c4ccccc4-c4nc5nc(-c6ccc7c(c6)oc6ccccc67)c6ccccc6n5n4)c23)cc1. The molecule has 0 N–H and O–H groups in total. The lowest BCUT2D eigenvalue weighted by Gasteiger charge is -2.13. The Balaban J connectivity index is 1.07. The lowest BCUT2D eigenvalue weighted by Crippen LogP contribution is -1.99. The van der Waals surface area contributed by atoms with Crippen molar-refractivity contribution in [3.05, 3.63) is 182 Å². The van der Waals surface area contributed by atoms with Gasteiger partial charge in [0.1, 0.15) is 11.2 Å². The lowest BCUT2D eigenvalue weighted by atomic mass is 10.0. The number of furan rings is 1. The van der Waals surface area contributed by atoms with Crippen molar-refractivity contribution < 1.29 is 4.42 Å². The largest absolute Gasteiger partial charge is 0.456 e. The van der Waals surface area contributed by atoms with Crippen molar-refractivity contribution in [2.45, 2.75) is 0 Å². The minimum absolute atomic E-state index is 0.527. The maximum atomic E-state index is 6.30. The van der Waals surface area contributed by atoms with Gasteiger partial charge in [-0.05, 0) is 66.7 Å². The summed E-state index contributed by atoms with van der Waals surface area (Å²) in [5.41, 5.74) is 12.0. The molecule has 0 saturated carbocycles. The minimum Gasteiger partial charge on any atom is -0.456 e. The van der Waals surface area contributed by atoms with Crippen LogP contribution in [0, 0.1) is 0 Å². The topological polar surface area (TPSA) is 66.1 Å². The molecule has 0 fully saturated rings. The van der Waals surface area contributed by atoms with E-state index in [-0.39, 0.29) is 0 Å². The van der Waals surface area contributed by atoms with Crippen LogP contribution in [0.3, 0.4) is 0 Å². The Morgan fingerprint density at radius 1 is 0.431 bits per heavy atom. The van der Waals surface area contributed by atoms with E-state index >= 15 is 0 Å². The summed E-state index contributed by atoms with van der Waals surface area (Å²) in [6, 6.07) is 63.8. The van der Waals surface area contributed by atoms with Crippen LogP contribution in [-0.4, -0.2) is 28.7 Å². The molecule has 5 heterocycles. The van der Waals surface area contributed by atoms with Gasteiger partial charge >= 0.3 is 0 Å². The maximum Gasteiger partial charge on any atom is 0.253 e. The smallest absolute Gasteiger partial charge is 0.253 e. The van der Waals surface area contributed by atoms with Crippen LogP contribution in [0.4, 0.5) is 0 Å². The van der Waals surface area contributed by atoms with Crippen molar-refractivity contribution in [2.75, 3.05) is 0 Å². The Bertz CT molecular complexity index is 3810. The minimum atomic E-state index is 0.527. The van der Waals surface area contributed by atoms with Gasteiger partial charge in [0.2, 0.25) is 0 Å². The van der Waals surface area contributed by atoms with Gasteiger partial charge in [-0.2, -0.15) is 9.50 Å². The predicted molar refractivity (Wildman–Crippen MR) is 235 cm³/mol. The van der Waals surface area contributed by atoms with Gasteiger partial charge in [-0.15, -0.1) is 5.10 Å². The van der Waals surface area contributed by atoms with E-state index in [9.17, 15) is 0 Å². The number of para-hydroxylation sites is 6. The molecule has 13 rings (SSSR count). The Kier molecular flexibility index (Phi) is 6.32. The Morgan fingerprint density at radius 3 is 1.95 bits per heavy atom. The van der Waals surface area contributed by atoms with Crippen LogP contribution in [-0.2, 0) is 0 Å². The third-order valence-electron chi connectivity index (χ3n) is 11.7. The Hall–Kier alpha value is -8.03. The first-order chi connectivity index (χ1) is 28.8. The average Bonchev–Trinajstić information content (AvgIpc) is 4.05.